The summed E-state index contributed by atoms with van der Waals surface area (Å²) in [6.45, 7) is 2.19. The van der Waals surface area contributed by atoms with E-state index in [1.165, 1.54) is 0 Å². The molecule has 0 radical (unpaired) electrons. The van der Waals surface area contributed by atoms with E-state index in [1.807, 2.05) is 66.2 Å². The molecule has 0 aliphatic heterocycles. The van der Waals surface area contributed by atoms with E-state index in [2.05, 4.69) is 0 Å². The Hall–Kier alpha value is -2.13. The summed E-state index contributed by atoms with van der Waals surface area (Å²) >= 11 is 1.56. The van der Waals surface area contributed by atoms with Gasteiger partial charge >= 0.3 is 5.97 Å². The molecule has 0 bridgehead atoms. The van der Waals surface area contributed by atoms with Crippen molar-refractivity contribution in [3.63, 3.8) is 0 Å². The number of thiophene rings is 1. The molecule has 102 valence electrons. The van der Waals surface area contributed by atoms with Crippen molar-refractivity contribution in [3.05, 3.63) is 70.4 Å². The molecule has 1 aromatic heterocycles. The molecule has 0 unspecified atom stereocenters. The van der Waals surface area contributed by atoms with E-state index in [0.29, 0.717) is 12.2 Å². The van der Waals surface area contributed by atoms with Gasteiger partial charge in [-0.15, -0.1) is 0 Å². The Balaban J connectivity index is 2.21. The molecule has 2 nitrogen and oxygen atoms in total. The van der Waals surface area contributed by atoms with Crippen LogP contribution in [0.3, 0.4) is 0 Å². The largest absolute Gasteiger partial charge is 0.462 e. The number of hydrogen-bond donors (Lipinski definition) is 0. The van der Waals surface area contributed by atoms with Crippen LogP contribution in [0.25, 0.3) is 11.6 Å². The van der Waals surface area contributed by atoms with Gasteiger partial charge in [-0.2, -0.15) is 11.3 Å². The second-order valence-corrected chi connectivity index (χ2v) is 4.86. The van der Waals surface area contributed by atoms with Crippen molar-refractivity contribution in [2.75, 3.05) is 6.61 Å². The second-order valence-electron chi connectivity index (χ2n) is 4.08. The minimum Gasteiger partial charge on any atom is -0.462 e. The SMILES string of the molecule is CCOC(=O)C(=CC=Cc1ccccc1)c1ccsc1. The summed E-state index contributed by atoms with van der Waals surface area (Å²) < 4.78 is 5.09. The van der Waals surface area contributed by atoms with Crippen LogP contribution in [0.5, 0.6) is 0 Å². The summed E-state index contributed by atoms with van der Waals surface area (Å²) in [6.07, 6.45) is 5.64. The predicted octanol–water partition coefficient (Wildman–Crippen LogP) is 4.41. The number of allylic oxidation sites excluding steroid dienone is 2. The van der Waals surface area contributed by atoms with Crippen molar-refractivity contribution >= 4 is 29.0 Å². The zero-order valence-corrected chi connectivity index (χ0v) is 12.1. The standard InChI is InChI=1S/C17H16O2S/c1-2-19-17(18)16(15-11-12-20-13-15)10-6-9-14-7-4-3-5-8-14/h3-13H,2H2,1H3. The van der Waals surface area contributed by atoms with Crippen molar-refractivity contribution in [1.29, 1.82) is 0 Å². The number of carbonyl (C=O) groups excluding carboxylic acids is 1. The Bertz CT molecular complexity index is 595. The van der Waals surface area contributed by atoms with Gasteiger partial charge in [0.25, 0.3) is 0 Å². The van der Waals surface area contributed by atoms with Gasteiger partial charge in [0.15, 0.2) is 0 Å². The lowest BCUT2D eigenvalue weighted by Crippen LogP contribution is -2.06. The highest BCUT2D eigenvalue weighted by Crippen LogP contribution is 2.19. The average molecular weight is 284 g/mol. The molecule has 0 N–H and O–H groups in total. The third kappa shape index (κ3) is 3.93. The number of carbonyl (C=O) groups is 1. The molecule has 1 heterocycles. The Labute approximate surface area is 123 Å². The Morgan fingerprint density at radius 2 is 2.05 bits per heavy atom. The topological polar surface area (TPSA) is 26.3 Å². The lowest BCUT2D eigenvalue weighted by Gasteiger charge is -2.04. The number of rotatable bonds is 5. The molecule has 0 atom stereocenters. The Kier molecular flexibility index (Phi) is 5.33. The van der Waals surface area contributed by atoms with Gasteiger partial charge in [-0.1, -0.05) is 42.5 Å². The fourth-order valence-corrected chi connectivity index (χ4v) is 2.38. The minimum atomic E-state index is -0.288. The van der Waals surface area contributed by atoms with Crippen LogP contribution >= 0.6 is 11.3 Å². The van der Waals surface area contributed by atoms with Crippen LogP contribution in [0.2, 0.25) is 0 Å². The van der Waals surface area contributed by atoms with E-state index in [0.717, 1.165) is 11.1 Å². The zero-order chi connectivity index (χ0) is 14.2. The molecule has 1 aromatic carbocycles. The Morgan fingerprint density at radius 3 is 2.70 bits per heavy atom. The Morgan fingerprint density at radius 1 is 1.25 bits per heavy atom. The first-order valence-corrected chi connectivity index (χ1v) is 7.38. The van der Waals surface area contributed by atoms with E-state index in [9.17, 15) is 4.79 Å². The summed E-state index contributed by atoms with van der Waals surface area (Å²) in [5, 5.41) is 3.89. The quantitative estimate of drug-likeness (QED) is 0.462. The van der Waals surface area contributed by atoms with Crippen LogP contribution in [-0.4, -0.2) is 12.6 Å². The maximum atomic E-state index is 12.0. The van der Waals surface area contributed by atoms with Crippen molar-refractivity contribution in [2.24, 2.45) is 0 Å². The van der Waals surface area contributed by atoms with E-state index >= 15 is 0 Å². The molecule has 2 aromatic rings. The van der Waals surface area contributed by atoms with Crippen LogP contribution in [0.4, 0.5) is 0 Å². The fraction of sp³-hybridized carbons (Fsp3) is 0.118. The predicted molar refractivity (Wildman–Crippen MR) is 84.4 cm³/mol. The van der Waals surface area contributed by atoms with Gasteiger partial charge in [-0.3, -0.25) is 0 Å². The fourth-order valence-electron chi connectivity index (χ4n) is 1.73. The third-order valence-electron chi connectivity index (χ3n) is 2.68. The van der Waals surface area contributed by atoms with E-state index in [1.54, 1.807) is 17.4 Å². The van der Waals surface area contributed by atoms with Gasteiger partial charge in [-0.25, -0.2) is 4.79 Å². The summed E-state index contributed by atoms with van der Waals surface area (Å²) in [5.41, 5.74) is 2.57. The maximum absolute atomic E-state index is 12.0. The third-order valence-corrected chi connectivity index (χ3v) is 3.36. The summed E-state index contributed by atoms with van der Waals surface area (Å²) in [5.74, 6) is -0.288. The molecule has 0 fully saturated rings. The molecule has 0 aliphatic carbocycles. The number of esters is 1. The summed E-state index contributed by atoms with van der Waals surface area (Å²) in [4.78, 5) is 12.0. The molecule has 0 amide bonds. The summed E-state index contributed by atoms with van der Waals surface area (Å²) in [6, 6.07) is 11.9. The number of ether oxygens (including phenoxy) is 1. The lowest BCUT2D eigenvalue weighted by atomic mass is 10.1. The normalized spacial score (nSPS) is 11.8. The van der Waals surface area contributed by atoms with Crippen LogP contribution in [-0.2, 0) is 9.53 Å². The van der Waals surface area contributed by atoms with Gasteiger partial charge in [-0.05, 0) is 41.0 Å². The average Bonchev–Trinajstić information content (AvgIpc) is 2.99. The highest BCUT2D eigenvalue weighted by molar-refractivity contribution is 7.08. The van der Waals surface area contributed by atoms with Crippen LogP contribution in [0, 0.1) is 0 Å². The van der Waals surface area contributed by atoms with Gasteiger partial charge < -0.3 is 4.74 Å². The molecule has 20 heavy (non-hydrogen) atoms. The smallest absolute Gasteiger partial charge is 0.338 e. The van der Waals surface area contributed by atoms with Crippen molar-refractivity contribution in [2.45, 2.75) is 6.92 Å². The number of benzene rings is 1. The zero-order valence-electron chi connectivity index (χ0n) is 11.3. The van der Waals surface area contributed by atoms with Gasteiger partial charge in [0, 0.05) is 0 Å². The monoisotopic (exact) mass is 284 g/mol. The molecule has 2 rings (SSSR count). The van der Waals surface area contributed by atoms with E-state index < -0.39 is 0 Å². The molecule has 0 saturated heterocycles. The second kappa shape index (κ2) is 7.46. The van der Waals surface area contributed by atoms with Gasteiger partial charge in [0.2, 0.25) is 0 Å². The highest BCUT2D eigenvalue weighted by atomic mass is 32.1. The molecular formula is C17H16O2S. The number of hydrogen-bond acceptors (Lipinski definition) is 3. The van der Waals surface area contributed by atoms with E-state index in [-0.39, 0.29) is 5.97 Å². The first-order chi connectivity index (χ1) is 9.81. The molecule has 0 aliphatic rings. The molecule has 3 heteroatoms. The van der Waals surface area contributed by atoms with Crippen molar-refractivity contribution < 1.29 is 9.53 Å². The van der Waals surface area contributed by atoms with Gasteiger partial charge in [0.1, 0.15) is 0 Å². The first kappa shape index (κ1) is 14.3. The maximum Gasteiger partial charge on any atom is 0.338 e. The first-order valence-electron chi connectivity index (χ1n) is 6.44. The summed E-state index contributed by atoms with van der Waals surface area (Å²) in [7, 11) is 0. The van der Waals surface area contributed by atoms with E-state index in [4.69, 9.17) is 4.74 Å². The van der Waals surface area contributed by atoms with Crippen molar-refractivity contribution in [1.82, 2.24) is 0 Å². The lowest BCUT2D eigenvalue weighted by molar-refractivity contribution is -0.136. The molecular weight excluding hydrogens is 268 g/mol. The van der Waals surface area contributed by atoms with Gasteiger partial charge in [0.05, 0.1) is 12.2 Å². The minimum absolute atomic E-state index is 0.288. The van der Waals surface area contributed by atoms with Crippen LogP contribution < -0.4 is 0 Å². The highest BCUT2D eigenvalue weighted by Gasteiger charge is 2.12. The molecule has 0 saturated carbocycles. The van der Waals surface area contributed by atoms with Crippen LogP contribution in [0.15, 0.2) is 59.3 Å². The van der Waals surface area contributed by atoms with Crippen molar-refractivity contribution in [3.8, 4) is 0 Å². The molecule has 0 spiro atoms. The van der Waals surface area contributed by atoms with Crippen LogP contribution in [0.1, 0.15) is 18.1 Å².